The van der Waals surface area contributed by atoms with Crippen LogP contribution in [0.4, 0.5) is 5.82 Å². The van der Waals surface area contributed by atoms with Gasteiger partial charge in [0.25, 0.3) is 5.91 Å². The Balaban J connectivity index is 1.51. The van der Waals surface area contributed by atoms with Crippen molar-refractivity contribution in [3.05, 3.63) is 94.9 Å². The first kappa shape index (κ1) is 18.7. The lowest BCUT2D eigenvalue weighted by atomic mass is 10.1. The van der Waals surface area contributed by atoms with E-state index in [1.54, 1.807) is 10.7 Å². The maximum absolute atomic E-state index is 12.9. The highest BCUT2D eigenvalue weighted by Crippen LogP contribution is 2.19. The van der Waals surface area contributed by atoms with Gasteiger partial charge in [-0.25, -0.2) is 4.68 Å². The zero-order valence-corrected chi connectivity index (χ0v) is 16.8. The van der Waals surface area contributed by atoms with Gasteiger partial charge in [-0.1, -0.05) is 48.0 Å². The van der Waals surface area contributed by atoms with Crippen molar-refractivity contribution in [3.8, 4) is 5.69 Å². The molecule has 0 radical (unpaired) electrons. The number of nitrogens with zero attached hydrogens (tertiary/aromatic N) is 4. The largest absolute Gasteiger partial charge is 0.305 e. The summed E-state index contributed by atoms with van der Waals surface area (Å²) in [4.78, 5) is 12.9. The highest BCUT2D eigenvalue weighted by molar-refractivity contribution is 6.05. The number of nitrogens with one attached hydrogen (secondary N) is 1. The summed E-state index contributed by atoms with van der Waals surface area (Å²) in [5, 5.41) is 11.9. The van der Waals surface area contributed by atoms with Gasteiger partial charge in [-0.2, -0.15) is 10.2 Å². The van der Waals surface area contributed by atoms with Crippen LogP contribution in [0.25, 0.3) is 5.69 Å². The molecule has 2 aromatic heterocycles. The smallest absolute Gasteiger partial charge is 0.260 e. The van der Waals surface area contributed by atoms with Gasteiger partial charge in [0.1, 0.15) is 0 Å². The van der Waals surface area contributed by atoms with Crippen molar-refractivity contribution in [3.63, 3.8) is 0 Å². The third kappa shape index (κ3) is 3.96. The molecule has 0 aliphatic rings. The number of rotatable bonds is 5. The van der Waals surface area contributed by atoms with Crippen LogP contribution in [0, 0.1) is 20.8 Å². The molecule has 0 saturated carbocycles. The van der Waals surface area contributed by atoms with Crippen molar-refractivity contribution >= 4 is 11.7 Å². The molecule has 1 amide bonds. The molecule has 4 rings (SSSR count). The van der Waals surface area contributed by atoms with Crippen LogP contribution in [0.5, 0.6) is 0 Å². The van der Waals surface area contributed by atoms with E-state index in [-0.39, 0.29) is 5.91 Å². The Kier molecular flexibility index (Phi) is 4.99. The molecule has 4 aromatic rings. The van der Waals surface area contributed by atoms with E-state index in [2.05, 4.69) is 46.7 Å². The Labute approximate surface area is 169 Å². The van der Waals surface area contributed by atoms with E-state index in [1.165, 1.54) is 5.56 Å². The number of benzene rings is 2. The third-order valence-electron chi connectivity index (χ3n) is 4.87. The van der Waals surface area contributed by atoms with Crippen molar-refractivity contribution in [2.24, 2.45) is 0 Å². The monoisotopic (exact) mass is 385 g/mol. The first-order valence-electron chi connectivity index (χ1n) is 9.53. The molecule has 2 heterocycles. The highest BCUT2D eigenvalue weighted by Gasteiger charge is 2.20. The summed E-state index contributed by atoms with van der Waals surface area (Å²) < 4.78 is 3.60. The molecule has 0 saturated heterocycles. The summed E-state index contributed by atoms with van der Waals surface area (Å²) in [7, 11) is 0. The molecule has 0 spiro atoms. The summed E-state index contributed by atoms with van der Waals surface area (Å²) in [6, 6.07) is 19.9. The molecule has 6 nitrogen and oxygen atoms in total. The second-order valence-electron chi connectivity index (χ2n) is 7.13. The standard InChI is InChI=1S/C23H23N5O/c1-16-9-11-19(12-10-16)15-27-14-13-21(26-27)24-23(29)22-17(2)25-28(18(22)3)20-7-5-4-6-8-20/h4-14H,15H2,1-3H3,(H,24,26,29). The fraction of sp³-hybridized carbons (Fsp3) is 0.174. The van der Waals surface area contributed by atoms with Gasteiger partial charge in [0.05, 0.1) is 29.2 Å². The van der Waals surface area contributed by atoms with Crippen LogP contribution in [-0.2, 0) is 6.54 Å². The van der Waals surface area contributed by atoms with Gasteiger partial charge in [-0.05, 0) is 38.5 Å². The van der Waals surface area contributed by atoms with Crippen LogP contribution < -0.4 is 5.32 Å². The van der Waals surface area contributed by atoms with Gasteiger partial charge in [0, 0.05) is 12.3 Å². The van der Waals surface area contributed by atoms with Gasteiger partial charge in [0.15, 0.2) is 5.82 Å². The maximum Gasteiger partial charge on any atom is 0.260 e. The minimum absolute atomic E-state index is 0.206. The fourth-order valence-corrected chi connectivity index (χ4v) is 3.37. The van der Waals surface area contributed by atoms with E-state index < -0.39 is 0 Å². The van der Waals surface area contributed by atoms with E-state index in [9.17, 15) is 4.79 Å². The van der Waals surface area contributed by atoms with Crippen LogP contribution in [0.3, 0.4) is 0 Å². The molecular formula is C23H23N5O. The van der Waals surface area contributed by atoms with Crippen LogP contribution in [-0.4, -0.2) is 25.5 Å². The van der Waals surface area contributed by atoms with Crippen LogP contribution in [0.15, 0.2) is 66.9 Å². The second kappa shape index (κ2) is 7.75. The van der Waals surface area contributed by atoms with E-state index in [4.69, 9.17) is 0 Å². The lowest BCUT2D eigenvalue weighted by molar-refractivity contribution is 0.102. The number of amides is 1. The summed E-state index contributed by atoms with van der Waals surface area (Å²) in [6.07, 6.45) is 1.86. The molecule has 6 heteroatoms. The van der Waals surface area contributed by atoms with Gasteiger partial charge < -0.3 is 5.32 Å². The number of para-hydroxylation sites is 1. The molecule has 0 fully saturated rings. The lowest BCUT2D eigenvalue weighted by Crippen LogP contribution is -2.15. The van der Waals surface area contributed by atoms with Gasteiger partial charge in [-0.15, -0.1) is 0 Å². The number of aryl methyl sites for hydroxylation is 2. The number of carbonyl (C=O) groups excluding carboxylic acids is 1. The number of hydrogen-bond donors (Lipinski definition) is 1. The number of hydrogen-bond acceptors (Lipinski definition) is 3. The normalized spacial score (nSPS) is 10.9. The predicted octanol–water partition coefficient (Wildman–Crippen LogP) is 4.29. The molecule has 0 aliphatic carbocycles. The summed E-state index contributed by atoms with van der Waals surface area (Å²) >= 11 is 0. The van der Waals surface area contributed by atoms with Gasteiger partial charge >= 0.3 is 0 Å². The first-order chi connectivity index (χ1) is 14.0. The average molecular weight is 385 g/mol. The van der Waals surface area contributed by atoms with Crippen LogP contribution in [0.2, 0.25) is 0 Å². The summed E-state index contributed by atoms with van der Waals surface area (Å²) in [6.45, 7) is 6.46. The van der Waals surface area contributed by atoms with Gasteiger partial charge in [0.2, 0.25) is 0 Å². The predicted molar refractivity (Wildman–Crippen MR) is 113 cm³/mol. The van der Waals surface area contributed by atoms with Gasteiger partial charge in [-0.3, -0.25) is 9.48 Å². The maximum atomic E-state index is 12.9. The van der Waals surface area contributed by atoms with Crippen LogP contribution >= 0.6 is 0 Å². The zero-order chi connectivity index (χ0) is 20.4. The summed E-state index contributed by atoms with van der Waals surface area (Å²) in [5.74, 6) is 0.316. The Bertz CT molecular complexity index is 1140. The van der Waals surface area contributed by atoms with E-state index in [1.807, 2.05) is 55.1 Å². The van der Waals surface area contributed by atoms with E-state index in [0.717, 1.165) is 16.9 Å². The Morgan fingerprint density at radius 2 is 1.66 bits per heavy atom. The second-order valence-corrected chi connectivity index (χ2v) is 7.13. The quantitative estimate of drug-likeness (QED) is 0.557. The van der Waals surface area contributed by atoms with Crippen molar-refractivity contribution in [2.75, 3.05) is 5.32 Å². The Morgan fingerprint density at radius 3 is 2.38 bits per heavy atom. The lowest BCUT2D eigenvalue weighted by Gasteiger charge is -2.06. The Morgan fingerprint density at radius 1 is 0.931 bits per heavy atom. The van der Waals surface area contributed by atoms with Crippen molar-refractivity contribution in [1.82, 2.24) is 19.6 Å². The minimum atomic E-state index is -0.206. The van der Waals surface area contributed by atoms with Crippen molar-refractivity contribution < 1.29 is 4.79 Å². The number of carbonyl (C=O) groups is 1. The van der Waals surface area contributed by atoms with E-state index >= 15 is 0 Å². The number of aromatic nitrogens is 4. The van der Waals surface area contributed by atoms with E-state index in [0.29, 0.717) is 23.6 Å². The molecular weight excluding hydrogens is 362 g/mol. The molecule has 0 bridgehead atoms. The Hall–Kier alpha value is -3.67. The van der Waals surface area contributed by atoms with Crippen molar-refractivity contribution in [1.29, 1.82) is 0 Å². The SMILES string of the molecule is Cc1ccc(Cn2ccc(NC(=O)c3c(C)nn(-c4ccccc4)c3C)n2)cc1. The minimum Gasteiger partial charge on any atom is -0.305 e. The molecule has 0 unspecified atom stereocenters. The molecule has 29 heavy (non-hydrogen) atoms. The molecule has 0 atom stereocenters. The summed E-state index contributed by atoms with van der Waals surface area (Å²) in [5.41, 5.74) is 5.36. The fourth-order valence-electron chi connectivity index (χ4n) is 3.37. The third-order valence-corrected chi connectivity index (χ3v) is 4.87. The number of anilines is 1. The molecule has 1 N–H and O–H groups in total. The molecule has 2 aromatic carbocycles. The average Bonchev–Trinajstić information content (AvgIpc) is 3.27. The molecule has 146 valence electrons. The zero-order valence-electron chi connectivity index (χ0n) is 16.8. The molecule has 0 aliphatic heterocycles. The first-order valence-corrected chi connectivity index (χ1v) is 9.53. The topological polar surface area (TPSA) is 64.7 Å². The van der Waals surface area contributed by atoms with Crippen molar-refractivity contribution in [2.45, 2.75) is 27.3 Å². The van der Waals surface area contributed by atoms with Crippen LogP contribution in [0.1, 0.15) is 32.9 Å². The highest BCUT2D eigenvalue weighted by atomic mass is 16.1.